The molecule has 3 aromatic rings. The molecule has 1 heterocycles. The highest BCUT2D eigenvalue weighted by molar-refractivity contribution is 6.07. The van der Waals surface area contributed by atoms with Crippen molar-refractivity contribution in [3.05, 3.63) is 78.0 Å². The number of methoxy groups -OCH3 is 1. The molecule has 1 aromatic heterocycles. The Morgan fingerprint density at radius 2 is 1.80 bits per heavy atom. The second-order valence-electron chi connectivity index (χ2n) is 5.58. The van der Waals surface area contributed by atoms with Gasteiger partial charge in [0.05, 0.1) is 12.7 Å². The number of rotatable bonds is 5. The number of aromatic nitrogens is 1. The number of nitrogens with zero attached hydrogens (tertiary/aromatic N) is 1. The van der Waals surface area contributed by atoms with Crippen LogP contribution in [0.4, 0.5) is 17.2 Å². The molecule has 0 aliphatic rings. The van der Waals surface area contributed by atoms with Crippen LogP contribution in [0.15, 0.2) is 66.9 Å². The Morgan fingerprint density at radius 3 is 2.56 bits per heavy atom. The molecule has 0 radical (unpaired) electrons. The molecule has 0 unspecified atom stereocenters. The summed E-state index contributed by atoms with van der Waals surface area (Å²) in [6.07, 6.45) is 1.64. The highest BCUT2D eigenvalue weighted by Gasteiger charge is 2.13. The number of nitrogens with one attached hydrogen (secondary N) is 2. The number of carbonyl (C=O) groups is 1. The number of carbonyl (C=O) groups excluding carboxylic acids is 1. The van der Waals surface area contributed by atoms with Crippen LogP contribution in [0.3, 0.4) is 0 Å². The van der Waals surface area contributed by atoms with Crippen molar-refractivity contribution in [2.75, 3.05) is 17.7 Å². The van der Waals surface area contributed by atoms with E-state index in [1.165, 1.54) is 0 Å². The van der Waals surface area contributed by atoms with E-state index in [-0.39, 0.29) is 5.91 Å². The maximum Gasteiger partial charge on any atom is 0.259 e. The van der Waals surface area contributed by atoms with Crippen molar-refractivity contribution >= 4 is 23.1 Å². The summed E-state index contributed by atoms with van der Waals surface area (Å²) in [6, 6.07) is 18.6. The van der Waals surface area contributed by atoms with Crippen LogP contribution in [-0.2, 0) is 0 Å². The van der Waals surface area contributed by atoms with Crippen molar-refractivity contribution < 1.29 is 9.53 Å². The fourth-order valence-electron chi connectivity index (χ4n) is 2.36. The summed E-state index contributed by atoms with van der Waals surface area (Å²) >= 11 is 0. The second kappa shape index (κ2) is 7.49. The first kappa shape index (κ1) is 16.5. The Morgan fingerprint density at radius 1 is 1.00 bits per heavy atom. The predicted octanol–water partition coefficient (Wildman–Crippen LogP) is 4.39. The molecule has 0 fully saturated rings. The van der Waals surface area contributed by atoms with Crippen LogP contribution in [0, 0.1) is 6.92 Å². The van der Waals surface area contributed by atoms with Crippen LogP contribution < -0.4 is 15.4 Å². The first-order chi connectivity index (χ1) is 12.2. The lowest BCUT2D eigenvalue weighted by atomic mass is 10.2. The van der Waals surface area contributed by atoms with Gasteiger partial charge in [0.15, 0.2) is 0 Å². The Bertz CT molecular complexity index is 876. The Labute approximate surface area is 146 Å². The van der Waals surface area contributed by atoms with Crippen LogP contribution in [0.25, 0.3) is 0 Å². The van der Waals surface area contributed by atoms with E-state index in [0.29, 0.717) is 11.4 Å². The van der Waals surface area contributed by atoms with Gasteiger partial charge in [0.25, 0.3) is 5.91 Å². The Hall–Kier alpha value is -3.34. The lowest BCUT2D eigenvalue weighted by Crippen LogP contribution is -2.14. The SMILES string of the molecule is COc1cccc(Nc2ncccc2C(=O)Nc2ccc(C)cc2)c1. The molecule has 0 aliphatic carbocycles. The minimum atomic E-state index is -0.220. The summed E-state index contributed by atoms with van der Waals surface area (Å²) in [7, 11) is 1.61. The topological polar surface area (TPSA) is 63.2 Å². The maximum absolute atomic E-state index is 12.6. The zero-order valence-electron chi connectivity index (χ0n) is 14.1. The molecule has 126 valence electrons. The molecule has 0 saturated heterocycles. The number of ether oxygens (including phenoxy) is 1. The molecular weight excluding hydrogens is 314 g/mol. The van der Waals surface area contributed by atoms with E-state index in [1.807, 2.05) is 55.5 Å². The molecule has 2 N–H and O–H groups in total. The lowest BCUT2D eigenvalue weighted by Gasteiger charge is -2.12. The van der Waals surface area contributed by atoms with Crippen LogP contribution in [0.2, 0.25) is 0 Å². The summed E-state index contributed by atoms with van der Waals surface area (Å²) < 4.78 is 5.22. The first-order valence-electron chi connectivity index (χ1n) is 7.90. The first-order valence-corrected chi connectivity index (χ1v) is 7.90. The normalized spacial score (nSPS) is 10.2. The summed E-state index contributed by atoms with van der Waals surface area (Å²) in [5, 5.41) is 6.06. The highest BCUT2D eigenvalue weighted by atomic mass is 16.5. The van der Waals surface area contributed by atoms with Gasteiger partial charge < -0.3 is 15.4 Å². The van der Waals surface area contributed by atoms with Crippen molar-refractivity contribution in [3.63, 3.8) is 0 Å². The molecule has 2 aromatic carbocycles. The van der Waals surface area contributed by atoms with E-state index in [1.54, 1.807) is 25.4 Å². The molecule has 0 atom stereocenters. The van der Waals surface area contributed by atoms with E-state index >= 15 is 0 Å². The number of benzene rings is 2. The maximum atomic E-state index is 12.6. The third kappa shape index (κ3) is 4.14. The second-order valence-corrected chi connectivity index (χ2v) is 5.58. The standard InChI is InChI=1S/C20H19N3O2/c1-14-8-10-15(11-9-14)23-20(24)18-7-4-12-21-19(18)22-16-5-3-6-17(13-16)25-2/h3-13H,1-2H3,(H,21,22)(H,23,24). The van der Waals surface area contributed by atoms with Gasteiger partial charge in [0, 0.05) is 23.6 Å². The van der Waals surface area contributed by atoms with Crippen LogP contribution in [0.1, 0.15) is 15.9 Å². The number of hydrogen-bond acceptors (Lipinski definition) is 4. The minimum absolute atomic E-state index is 0.220. The number of hydrogen-bond donors (Lipinski definition) is 2. The average Bonchev–Trinajstić information content (AvgIpc) is 2.64. The zero-order valence-corrected chi connectivity index (χ0v) is 14.1. The minimum Gasteiger partial charge on any atom is -0.497 e. The number of amides is 1. The smallest absolute Gasteiger partial charge is 0.259 e. The summed E-state index contributed by atoms with van der Waals surface area (Å²) in [5.74, 6) is 0.995. The number of pyridine rings is 1. The Kier molecular flexibility index (Phi) is 4.95. The number of aryl methyl sites for hydroxylation is 1. The quantitative estimate of drug-likeness (QED) is 0.727. The van der Waals surface area contributed by atoms with Crippen LogP contribution in [0.5, 0.6) is 5.75 Å². The van der Waals surface area contributed by atoms with Gasteiger partial charge in [-0.25, -0.2) is 4.98 Å². The van der Waals surface area contributed by atoms with Crippen molar-refractivity contribution in [2.45, 2.75) is 6.92 Å². The Balaban J connectivity index is 1.82. The van der Waals surface area contributed by atoms with Crippen LogP contribution in [-0.4, -0.2) is 18.0 Å². The third-order valence-corrected chi connectivity index (χ3v) is 3.69. The average molecular weight is 333 g/mol. The van der Waals surface area contributed by atoms with Crippen molar-refractivity contribution in [1.29, 1.82) is 0 Å². The van der Waals surface area contributed by atoms with Gasteiger partial charge in [-0.3, -0.25) is 4.79 Å². The molecule has 5 heteroatoms. The number of anilines is 3. The molecule has 0 spiro atoms. The summed E-state index contributed by atoms with van der Waals surface area (Å²) in [4.78, 5) is 16.9. The predicted molar refractivity (Wildman–Crippen MR) is 99.6 cm³/mol. The fourth-order valence-corrected chi connectivity index (χ4v) is 2.36. The van der Waals surface area contributed by atoms with E-state index in [0.717, 1.165) is 22.7 Å². The zero-order chi connectivity index (χ0) is 17.6. The van der Waals surface area contributed by atoms with Gasteiger partial charge in [0.1, 0.15) is 11.6 Å². The fraction of sp³-hybridized carbons (Fsp3) is 0.100. The van der Waals surface area contributed by atoms with E-state index < -0.39 is 0 Å². The van der Waals surface area contributed by atoms with Crippen LogP contribution >= 0.6 is 0 Å². The molecular formula is C20H19N3O2. The van der Waals surface area contributed by atoms with Gasteiger partial charge in [0.2, 0.25) is 0 Å². The molecule has 1 amide bonds. The summed E-state index contributed by atoms with van der Waals surface area (Å²) in [5.41, 5.74) is 3.14. The van der Waals surface area contributed by atoms with E-state index in [4.69, 9.17) is 4.74 Å². The molecule has 0 bridgehead atoms. The van der Waals surface area contributed by atoms with Gasteiger partial charge in [-0.05, 0) is 43.3 Å². The van der Waals surface area contributed by atoms with Crippen molar-refractivity contribution in [1.82, 2.24) is 4.98 Å². The van der Waals surface area contributed by atoms with E-state index in [9.17, 15) is 4.79 Å². The van der Waals surface area contributed by atoms with Gasteiger partial charge in [-0.15, -0.1) is 0 Å². The molecule has 0 aliphatic heterocycles. The molecule has 3 rings (SSSR count). The third-order valence-electron chi connectivity index (χ3n) is 3.69. The summed E-state index contributed by atoms with van der Waals surface area (Å²) in [6.45, 7) is 2.00. The molecule has 25 heavy (non-hydrogen) atoms. The molecule has 5 nitrogen and oxygen atoms in total. The molecule has 0 saturated carbocycles. The lowest BCUT2D eigenvalue weighted by molar-refractivity contribution is 0.102. The monoisotopic (exact) mass is 333 g/mol. The largest absolute Gasteiger partial charge is 0.497 e. The van der Waals surface area contributed by atoms with Crippen molar-refractivity contribution in [2.24, 2.45) is 0 Å². The van der Waals surface area contributed by atoms with Crippen molar-refractivity contribution in [3.8, 4) is 5.75 Å². The van der Waals surface area contributed by atoms with E-state index in [2.05, 4.69) is 15.6 Å². The van der Waals surface area contributed by atoms with Gasteiger partial charge >= 0.3 is 0 Å². The van der Waals surface area contributed by atoms with Gasteiger partial charge in [-0.2, -0.15) is 0 Å². The highest BCUT2D eigenvalue weighted by Crippen LogP contribution is 2.23. The van der Waals surface area contributed by atoms with Gasteiger partial charge in [-0.1, -0.05) is 23.8 Å².